The van der Waals surface area contributed by atoms with E-state index in [0.717, 1.165) is 18.2 Å². The highest BCUT2D eigenvalue weighted by molar-refractivity contribution is 7.92. The summed E-state index contributed by atoms with van der Waals surface area (Å²) in [5, 5.41) is 0. The monoisotopic (exact) mass is 320 g/mol. The summed E-state index contributed by atoms with van der Waals surface area (Å²) in [6.45, 7) is 0. The number of sulfonamides is 1. The van der Waals surface area contributed by atoms with Gasteiger partial charge in [-0.25, -0.2) is 26.0 Å². The van der Waals surface area contributed by atoms with Gasteiger partial charge >= 0.3 is 0 Å². The number of rotatable bonds is 3. The number of nitrogens with one attached hydrogen (secondary N) is 1. The first-order valence-corrected chi connectivity index (χ1v) is 6.91. The van der Waals surface area contributed by atoms with Crippen molar-refractivity contribution in [1.29, 1.82) is 0 Å². The van der Waals surface area contributed by atoms with E-state index < -0.39 is 49.6 Å². The van der Waals surface area contributed by atoms with Crippen LogP contribution in [0.4, 0.5) is 28.9 Å². The van der Waals surface area contributed by atoms with E-state index in [1.54, 1.807) is 4.72 Å². The van der Waals surface area contributed by atoms with Crippen molar-refractivity contribution in [3.8, 4) is 0 Å². The quantitative estimate of drug-likeness (QED) is 0.519. The number of hydrogen-bond acceptors (Lipinski definition) is 3. The lowest BCUT2D eigenvalue weighted by molar-refractivity contribution is 0.496. The zero-order valence-corrected chi connectivity index (χ0v) is 11.0. The second-order valence-corrected chi connectivity index (χ2v) is 5.68. The Kier molecular flexibility index (Phi) is 3.77. The van der Waals surface area contributed by atoms with E-state index in [9.17, 15) is 26.0 Å². The van der Waals surface area contributed by atoms with E-state index >= 15 is 0 Å². The number of anilines is 2. The molecule has 0 aliphatic rings. The first-order valence-electron chi connectivity index (χ1n) is 5.43. The van der Waals surface area contributed by atoms with Crippen molar-refractivity contribution >= 4 is 21.4 Å². The van der Waals surface area contributed by atoms with Crippen LogP contribution in [0.2, 0.25) is 0 Å². The minimum Gasteiger partial charge on any atom is -0.398 e. The zero-order valence-electron chi connectivity index (χ0n) is 10.2. The molecule has 0 aliphatic carbocycles. The molecule has 2 aromatic carbocycles. The summed E-state index contributed by atoms with van der Waals surface area (Å²) in [7, 11) is -4.38. The van der Waals surface area contributed by atoms with Crippen LogP contribution in [0.25, 0.3) is 0 Å². The van der Waals surface area contributed by atoms with Gasteiger partial charge in [0.15, 0.2) is 11.6 Å². The summed E-state index contributed by atoms with van der Waals surface area (Å²) in [5.74, 6) is -4.96. The maximum Gasteiger partial charge on any atom is 0.264 e. The fourth-order valence-corrected chi connectivity index (χ4v) is 2.74. The third-order valence-corrected chi connectivity index (χ3v) is 3.96. The van der Waals surface area contributed by atoms with Crippen molar-refractivity contribution in [3.63, 3.8) is 0 Å². The van der Waals surface area contributed by atoms with Gasteiger partial charge in [0.2, 0.25) is 0 Å². The van der Waals surface area contributed by atoms with Crippen molar-refractivity contribution in [2.45, 2.75) is 4.90 Å². The molecule has 2 rings (SSSR count). The maximum absolute atomic E-state index is 13.4. The van der Waals surface area contributed by atoms with Crippen LogP contribution in [0.3, 0.4) is 0 Å². The Morgan fingerprint density at radius 1 is 0.905 bits per heavy atom. The van der Waals surface area contributed by atoms with Crippen molar-refractivity contribution in [3.05, 3.63) is 53.6 Å². The molecule has 0 atom stereocenters. The molecule has 0 unspecified atom stereocenters. The molecule has 0 heterocycles. The summed E-state index contributed by atoms with van der Waals surface area (Å²) in [4.78, 5) is -0.520. The minimum absolute atomic E-state index is 0.196. The molecule has 3 N–H and O–H groups in total. The average molecular weight is 320 g/mol. The summed E-state index contributed by atoms with van der Waals surface area (Å²) in [6, 6.07) is 3.01. The van der Waals surface area contributed by atoms with Crippen molar-refractivity contribution in [2.24, 2.45) is 0 Å². The van der Waals surface area contributed by atoms with Crippen molar-refractivity contribution in [2.75, 3.05) is 10.5 Å². The number of nitrogen functional groups attached to an aromatic ring is 1. The Morgan fingerprint density at radius 3 is 2.14 bits per heavy atom. The molecule has 0 aromatic heterocycles. The fraction of sp³-hybridized carbons (Fsp3) is 0. The van der Waals surface area contributed by atoms with Gasteiger partial charge in [0.1, 0.15) is 16.5 Å². The number of benzene rings is 2. The van der Waals surface area contributed by atoms with E-state index in [1.807, 2.05) is 0 Å². The van der Waals surface area contributed by atoms with Crippen LogP contribution in [0.1, 0.15) is 0 Å². The van der Waals surface area contributed by atoms with Gasteiger partial charge in [-0.3, -0.25) is 4.72 Å². The third-order valence-electron chi connectivity index (χ3n) is 2.52. The lowest BCUT2D eigenvalue weighted by Gasteiger charge is -2.11. The molecule has 0 radical (unpaired) electrons. The van der Waals surface area contributed by atoms with E-state index in [1.165, 1.54) is 0 Å². The predicted octanol–water partition coefficient (Wildman–Crippen LogP) is 2.63. The normalized spacial score (nSPS) is 11.4. The largest absolute Gasteiger partial charge is 0.398 e. The first kappa shape index (κ1) is 15.1. The molecular weight excluding hydrogens is 312 g/mol. The smallest absolute Gasteiger partial charge is 0.264 e. The lowest BCUT2D eigenvalue weighted by Crippen LogP contribution is -2.16. The predicted molar refractivity (Wildman–Crippen MR) is 67.9 cm³/mol. The standard InChI is InChI=1S/C12H8F4N2O2S/c13-6-1-2-12(10(17)3-6)21(19,20)18-11-5-8(15)7(14)4-9(11)16/h1-5,18H,17H2. The van der Waals surface area contributed by atoms with Crippen LogP contribution < -0.4 is 10.5 Å². The van der Waals surface area contributed by atoms with Crippen LogP contribution in [0.5, 0.6) is 0 Å². The highest BCUT2D eigenvalue weighted by atomic mass is 32.2. The molecule has 2 aromatic rings. The third kappa shape index (κ3) is 3.07. The SMILES string of the molecule is Nc1cc(F)ccc1S(=O)(=O)Nc1cc(F)c(F)cc1F. The highest BCUT2D eigenvalue weighted by Crippen LogP contribution is 2.25. The van der Waals surface area contributed by atoms with E-state index in [0.29, 0.717) is 6.07 Å². The van der Waals surface area contributed by atoms with Crippen LogP contribution in [0, 0.1) is 23.3 Å². The summed E-state index contributed by atoms with van der Waals surface area (Å²) >= 11 is 0. The van der Waals surface area contributed by atoms with E-state index in [4.69, 9.17) is 5.73 Å². The second-order valence-electron chi connectivity index (χ2n) is 4.03. The molecule has 9 heteroatoms. The maximum atomic E-state index is 13.4. The molecule has 4 nitrogen and oxygen atoms in total. The fourth-order valence-electron chi connectivity index (χ4n) is 1.56. The van der Waals surface area contributed by atoms with Crippen LogP contribution >= 0.6 is 0 Å². The van der Waals surface area contributed by atoms with Crippen LogP contribution in [-0.4, -0.2) is 8.42 Å². The highest BCUT2D eigenvalue weighted by Gasteiger charge is 2.21. The number of hydrogen-bond donors (Lipinski definition) is 2. The Labute approximate surface area is 117 Å². The molecule has 0 spiro atoms. The van der Waals surface area contributed by atoms with Crippen LogP contribution in [-0.2, 0) is 10.0 Å². The van der Waals surface area contributed by atoms with Crippen molar-refractivity contribution < 1.29 is 26.0 Å². The van der Waals surface area contributed by atoms with Gasteiger partial charge in [0.25, 0.3) is 10.0 Å². The lowest BCUT2D eigenvalue weighted by atomic mass is 10.3. The molecule has 21 heavy (non-hydrogen) atoms. The molecule has 112 valence electrons. The molecule has 0 saturated heterocycles. The second kappa shape index (κ2) is 5.24. The molecule has 0 saturated carbocycles. The van der Waals surface area contributed by atoms with Gasteiger partial charge in [-0.05, 0) is 18.2 Å². The Bertz CT molecular complexity index is 809. The zero-order chi connectivity index (χ0) is 15.8. The summed E-state index contributed by atoms with van der Waals surface area (Å²) in [5.41, 5.74) is 4.16. The summed E-state index contributed by atoms with van der Waals surface area (Å²) < 4.78 is 77.8. The number of halogens is 4. The molecule has 0 fully saturated rings. The Hall–Kier alpha value is -2.29. The first-order chi connectivity index (χ1) is 9.70. The average Bonchev–Trinajstić information content (AvgIpc) is 2.35. The topological polar surface area (TPSA) is 72.2 Å². The van der Waals surface area contributed by atoms with Gasteiger partial charge in [0.05, 0.1) is 11.4 Å². The molecule has 0 amide bonds. The molecule has 0 aliphatic heterocycles. The molecular formula is C12H8F4N2O2S. The Balaban J connectivity index is 2.45. The minimum atomic E-state index is -4.38. The molecule has 0 bridgehead atoms. The van der Waals surface area contributed by atoms with Crippen LogP contribution in [0.15, 0.2) is 35.2 Å². The van der Waals surface area contributed by atoms with Crippen molar-refractivity contribution in [1.82, 2.24) is 0 Å². The van der Waals surface area contributed by atoms with E-state index in [-0.39, 0.29) is 6.07 Å². The van der Waals surface area contributed by atoms with Gasteiger partial charge in [0, 0.05) is 12.1 Å². The van der Waals surface area contributed by atoms with Gasteiger partial charge in [-0.2, -0.15) is 0 Å². The Morgan fingerprint density at radius 2 is 1.52 bits per heavy atom. The van der Waals surface area contributed by atoms with Gasteiger partial charge in [-0.1, -0.05) is 0 Å². The van der Waals surface area contributed by atoms with Gasteiger partial charge in [-0.15, -0.1) is 0 Å². The summed E-state index contributed by atoms with van der Waals surface area (Å²) in [6.07, 6.45) is 0. The van der Waals surface area contributed by atoms with E-state index in [2.05, 4.69) is 0 Å². The number of nitrogens with two attached hydrogens (primary N) is 1. The van der Waals surface area contributed by atoms with Gasteiger partial charge < -0.3 is 5.73 Å².